The Kier molecular flexibility index (Phi) is 7.94. The van der Waals surface area contributed by atoms with Gasteiger partial charge in [0, 0.05) is 5.56 Å². The first-order chi connectivity index (χ1) is 21.0. The third-order valence-electron chi connectivity index (χ3n) is 7.53. The molecule has 0 unspecified atom stereocenters. The van der Waals surface area contributed by atoms with E-state index in [0.717, 1.165) is 21.9 Å². The zero-order valence-electron chi connectivity index (χ0n) is 24.1. The number of rotatable bonds is 8. The van der Waals surface area contributed by atoms with Gasteiger partial charge in [0.05, 0.1) is 36.1 Å². The first kappa shape index (κ1) is 28.2. The van der Waals surface area contributed by atoms with E-state index in [2.05, 4.69) is 18.2 Å². The summed E-state index contributed by atoms with van der Waals surface area (Å²) in [7, 11) is 2.94. The Bertz CT molecular complexity index is 2040. The molecule has 0 fully saturated rings. The second-order valence-electron chi connectivity index (χ2n) is 10.0. The Labute approximate surface area is 252 Å². The molecule has 0 amide bonds. The standard InChI is InChI=1S/C35H30N2O5S/c1-4-27-30(34(39)41-3)31(23-13-6-5-7-14-23)37-33(38)29(43-35(37)36-27)20-24-16-11-19-28(40-2)32(24)42-21-25-17-10-15-22-12-8-9-18-26(22)25/h5-20,31H,4,21H2,1-3H3/b29-20+/t31-/m0/s1. The number of allylic oxidation sites excluding steroid dienone is 1. The molecule has 0 saturated carbocycles. The van der Waals surface area contributed by atoms with Crippen molar-refractivity contribution in [2.45, 2.75) is 26.0 Å². The summed E-state index contributed by atoms with van der Waals surface area (Å²) >= 11 is 1.28. The van der Waals surface area contributed by atoms with Crippen molar-refractivity contribution in [2.24, 2.45) is 4.99 Å². The third kappa shape index (κ3) is 5.26. The van der Waals surface area contributed by atoms with Crippen LogP contribution in [-0.2, 0) is 16.1 Å². The average molecular weight is 591 g/mol. The fourth-order valence-electron chi connectivity index (χ4n) is 5.49. The van der Waals surface area contributed by atoms with Gasteiger partial charge in [-0.05, 0) is 40.5 Å². The van der Waals surface area contributed by atoms with Gasteiger partial charge in [-0.25, -0.2) is 9.79 Å². The zero-order chi connectivity index (χ0) is 29.9. The number of aromatic nitrogens is 1. The van der Waals surface area contributed by atoms with Crippen molar-refractivity contribution in [3.63, 3.8) is 0 Å². The van der Waals surface area contributed by atoms with Crippen LogP contribution in [-0.4, -0.2) is 24.8 Å². The van der Waals surface area contributed by atoms with Crippen molar-refractivity contribution in [3.8, 4) is 11.5 Å². The van der Waals surface area contributed by atoms with E-state index in [0.29, 0.717) is 50.7 Å². The first-order valence-electron chi connectivity index (χ1n) is 14.0. The Morgan fingerprint density at radius 3 is 2.47 bits per heavy atom. The minimum absolute atomic E-state index is 0.253. The van der Waals surface area contributed by atoms with Crippen molar-refractivity contribution < 1.29 is 19.0 Å². The van der Waals surface area contributed by atoms with Gasteiger partial charge in [0.1, 0.15) is 6.61 Å². The number of ether oxygens (including phenoxy) is 3. The van der Waals surface area contributed by atoms with Crippen molar-refractivity contribution in [1.29, 1.82) is 0 Å². The number of thiazole rings is 1. The van der Waals surface area contributed by atoms with E-state index in [1.54, 1.807) is 17.8 Å². The summed E-state index contributed by atoms with van der Waals surface area (Å²) in [5.41, 5.74) is 3.27. The van der Waals surface area contributed by atoms with Crippen molar-refractivity contribution in [1.82, 2.24) is 4.57 Å². The lowest BCUT2D eigenvalue weighted by molar-refractivity contribution is -0.136. The molecular weight excluding hydrogens is 560 g/mol. The number of fused-ring (bicyclic) bond motifs is 2. The molecule has 0 N–H and O–H groups in total. The molecule has 0 spiro atoms. The Morgan fingerprint density at radius 1 is 0.953 bits per heavy atom. The topological polar surface area (TPSA) is 79.1 Å². The molecule has 4 aromatic carbocycles. The number of methoxy groups -OCH3 is 2. The summed E-state index contributed by atoms with van der Waals surface area (Å²) in [5, 5.41) is 2.25. The molecule has 1 atom stereocenters. The molecular formula is C35H30N2O5S. The molecule has 216 valence electrons. The van der Waals surface area contributed by atoms with Gasteiger partial charge in [0.25, 0.3) is 5.56 Å². The third-order valence-corrected chi connectivity index (χ3v) is 8.52. The Hall–Kier alpha value is -4.95. The molecule has 5 aromatic rings. The molecule has 0 aliphatic carbocycles. The van der Waals surface area contributed by atoms with Crippen molar-refractivity contribution in [3.05, 3.63) is 139 Å². The molecule has 6 rings (SSSR count). The minimum Gasteiger partial charge on any atom is -0.493 e. The summed E-state index contributed by atoms with van der Waals surface area (Å²) in [6.07, 6.45) is 2.32. The molecule has 0 bridgehead atoms. The number of hydrogen-bond donors (Lipinski definition) is 0. The predicted octanol–water partition coefficient (Wildman–Crippen LogP) is 5.54. The summed E-state index contributed by atoms with van der Waals surface area (Å²) < 4.78 is 19.3. The largest absolute Gasteiger partial charge is 0.493 e. The summed E-state index contributed by atoms with van der Waals surface area (Å²) in [6, 6.07) is 28.7. The smallest absolute Gasteiger partial charge is 0.338 e. The first-order valence-corrected chi connectivity index (χ1v) is 14.8. The number of nitrogens with zero attached hydrogens (tertiary/aromatic N) is 2. The number of para-hydroxylation sites is 1. The van der Waals surface area contributed by atoms with Gasteiger partial charge in [-0.3, -0.25) is 9.36 Å². The van der Waals surface area contributed by atoms with Crippen LogP contribution >= 0.6 is 11.3 Å². The molecule has 1 aliphatic rings. The highest BCUT2D eigenvalue weighted by Crippen LogP contribution is 2.34. The second-order valence-corrected chi connectivity index (χ2v) is 11.0. The van der Waals surface area contributed by atoms with Crippen LogP contribution in [0, 0.1) is 0 Å². The van der Waals surface area contributed by atoms with Crippen LogP contribution in [0.1, 0.15) is 36.1 Å². The Balaban J connectivity index is 1.47. The van der Waals surface area contributed by atoms with Crippen LogP contribution < -0.4 is 24.4 Å². The number of esters is 1. The van der Waals surface area contributed by atoms with E-state index in [1.165, 1.54) is 18.4 Å². The van der Waals surface area contributed by atoms with Crippen molar-refractivity contribution in [2.75, 3.05) is 14.2 Å². The van der Waals surface area contributed by atoms with E-state index >= 15 is 0 Å². The van der Waals surface area contributed by atoms with Gasteiger partial charge in [0.15, 0.2) is 16.3 Å². The van der Waals surface area contributed by atoms with Crippen LogP contribution in [0.5, 0.6) is 11.5 Å². The van der Waals surface area contributed by atoms with E-state index < -0.39 is 12.0 Å². The van der Waals surface area contributed by atoms with Gasteiger partial charge < -0.3 is 14.2 Å². The van der Waals surface area contributed by atoms with Gasteiger partial charge >= 0.3 is 5.97 Å². The minimum atomic E-state index is -0.658. The van der Waals surface area contributed by atoms with E-state index in [-0.39, 0.29) is 5.56 Å². The lowest BCUT2D eigenvalue weighted by Crippen LogP contribution is -2.40. The fraction of sp³-hybridized carbons (Fsp3) is 0.171. The SMILES string of the molecule is CCC1=C(C(=O)OC)[C@H](c2ccccc2)n2c(s/c(=C/c3cccc(OC)c3OCc3cccc4ccccc34)c2=O)=N1. The van der Waals surface area contributed by atoms with Gasteiger partial charge in [-0.1, -0.05) is 103 Å². The molecule has 1 aliphatic heterocycles. The maximum absolute atomic E-state index is 14.1. The normalized spacial score (nSPS) is 14.8. The van der Waals surface area contributed by atoms with Gasteiger partial charge in [-0.15, -0.1) is 0 Å². The lowest BCUT2D eigenvalue weighted by atomic mass is 9.95. The van der Waals surface area contributed by atoms with Gasteiger partial charge in [-0.2, -0.15) is 0 Å². The predicted molar refractivity (Wildman–Crippen MR) is 168 cm³/mol. The molecule has 1 aromatic heterocycles. The maximum atomic E-state index is 14.1. The van der Waals surface area contributed by atoms with E-state index in [4.69, 9.17) is 19.2 Å². The number of benzene rings is 4. The van der Waals surface area contributed by atoms with Gasteiger partial charge in [0.2, 0.25) is 0 Å². The molecule has 0 saturated heterocycles. The summed E-state index contributed by atoms with van der Waals surface area (Å²) in [5.74, 6) is 0.596. The fourth-order valence-corrected chi connectivity index (χ4v) is 6.50. The van der Waals surface area contributed by atoms with Crippen LogP contribution in [0.2, 0.25) is 0 Å². The molecule has 2 heterocycles. The van der Waals surface area contributed by atoms with E-state index in [9.17, 15) is 9.59 Å². The lowest BCUT2D eigenvalue weighted by Gasteiger charge is -2.25. The number of carbonyl (C=O) groups excluding carboxylic acids is 1. The highest BCUT2D eigenvalue weighted by atomic mass is 32.1. The highest BCUT2D eigenvalue weighted by Gasteiger charge is 2.33. The average Bonchev–Trinajstić information content (AvgIpc) is 3.36. The maximum Gasteiger partial charge on any atom is 0.338 e. The second kappa shape index (κ2) is 12.1. The zero-order valence-corrected chi connectivity index (χ0v) is 24.9. The van der Waals surface area contributed by atoms with E-state index in [1.807, 2.05) is 79.7 Å². The van der Waals surface area contributed by atoms with Crippen LogP contribution in [0.15, 0.2) is 112 Å². The monoisotopic (exact) mass is 590 g/mol. The van der Waals surface area contributed by atoms with Crippen LogP contribution in [0.4, 0.5) is 0 Å². The highest BCUT2D eigenvalue weighted by molar-refractivity contribution is 7.07. The van der Waals surface area contributed by atoms with Crippen LogP contribution in [0.25, 0.3) is 16.8 Å². The Morgan fingerprint density at radius 2 is 1.70 bits per heavy atom. The quantitative estimate of drug-likeness (QED) is 0.222. The summed E-state index contributed by atoms with van der Waals surface area (Å²) in [6.45, 7) is 2.26. The molecule has 43 heavy (non-hydrogen) atoms. The summed E-state index contributed by atoms with van der Waals surface area (Å²) in [4.78, 5) is 32.4. The van der Waals surface area contributed by atoms with Crippen LogP contribution in [0.3, 0.4) is 0 Å². The van der Waals surface area contributed by atoms with Crippen molar-refractivity contribution >= 4 is 34.2 Å². The number of carbonyl (C=O) groups is 1. The number of hydrogen-bond acceptors (Lipinski definition) is 7. The molecule has 0 radical (unpaired) electrons. The molecule has 7 nitrogen and oxygen atoms in total. The molecule has 8 heteroatoms.